The normalized spacial score (nSPS) is 9.54. The monoisotopic (exact) mass is 195 g/mol. The van der Waals surface area contributed by atoms with Gasteiger partial charge in [0.2, 0.25) is 0 Å². The zero-order chi connectivity index (χ0) is 9.68. The highest BCUT2D eigenvalue weighted by molar-refractivity contribution is 6.30. The lowest BCUT2D eigenvalue weighted by atomic mass is 10.2. The molecule has 0 fully saturated rings. The minimum Gasteiger partial charge on any atom is -0.508 e. The van der Waals surface area contributed by atoms with Crippen LogP contribution in [0.3, 0.4) is 0 Å². The number of terminal acetylenes is 1. The molecule has 68 valence electrons. The highest BCUT2D eigenvalue weighted by Crippen LogP contribution is 2.20. The van der Waals surface area contributed by atoms with Crippen LogP contribution in [0, 0.1) is 12.3 Å². The van der Waals surface area contributed by atoms with Gasteiger partial charge in [0.05, 0.1) is 6.54 Å². The lowest BCUT2D eigenvalue weighted by Crippen LogP contribution is -2.12. The van der Waals surface area contributed by atoms with Gasteiger partial charge in [-0.15, -0.1) is 6.42 Å². The maximum Gasteiger partial charge on any atom is 0.120 e. The smallest absolute Gasteiger partial charge is 0.120 e. The maximum absolute atomic E-state index is 9.38. The summed E-state index contributed by atoms with van der Waals surface area (Å²) in [6.07, 6.45) is 5.06. The van der Waals surface area contributed by atoms with Gasteiger partial charge >= 0.3 is 0 Å². The molecule has 1 aromatic carbocycles. The van der Waals surface area contributed by atoms with E-state index in [2.05, 4.69) is 11.2 Å². The SMILES string of the molecule is C#CCNCc1cc(Cl)ccc1O. The van der Waals surface area contributed by atoms with E-state index in [9.17, 15) is 5.11 Å². The van der Waals surface area contributed by atoms with E-state index in [1.54, 1.807) is 18.2 Å². The predicted molar refractivity (Wildman–Crippen MR) is 53.7 cm³/mol. The van der Waals surface area contributed by atoms with Crippen LogP contribution in [0.5, 0.6) is 5.75 Å². The van der Waals surface area contributed by atoms with Crippen LogP contribution >= 0.6 is 11.6 Å². The Morgan fingerprint density at radius 1 is 1.54 bits per heavy atom. The van der Waals surface area contributed by atoms with Gasteiger partial charge in [-0.1, -0.05) is 17.5 Å². The summed E-state index contributed by atoms with van der Waals surface area (Å²) >= 11 is 5.75. The van der Waals surface area contributed by atoms with Gasteiger partial charge in [-0.2, -0.15) is 0 Å². The van der Waals surface area contributed by atoms with Crippen LogP contribution in [0.15, 0.2) is 18.2 Å². The second kappa shape index (κ2) is 4.76. The molecule has 0 aromatic heterocycles. The molecule has 2 nitrogen and oxygen atoms in total. The Kier molecular flexibility index (Phi) is 3.63. The highest BCUT2D eigenvalue weighted by Gasteiger charge is 2.00. The average molecular weight is 196 g/mol. The van der Waals surface area contributed by atoms with Crippen LogP contribution in [-0.2, 0) is 6.54 Å². The second-order valence-electron chi connectivity index (χ2n) is 2.58. The molecule has 0 bridgehead atoms. The Morgan fingerprint density at radius 2 is 2.31 bits per heavy atom. The fourth-order valence-corrected chi connectivity index (χ4v) is 1.16. The lowest BCUT2D eigenvalue weighted by molar-refractivity contribution is 0.465. The molecule has 1 aromatic rings. The van der Waals surface area contributed by atoms with Crippen molar-refractivity contribution in [3.8, 4) is 18.1 Å². The Labute approximate surface area is 82.5 Å². The maximum atomic E-state index is 9.38. The van der Waals surface area contributed by atoms with Crippen molar-refractivity contribution in [1.82, 2.24) is 5.32 Å². The van der Waals surface area contributed by atoms with Gasteiger partial charge in [-0.3, -0.25) is 0 Å². The minimum atomic E-state index is 0.230. The van der Waals surface area contributed by atoms with Crippen LogP contribution in [0.1, 0.15) is 5.56 Å². The van der Waals surface area contributed by atoms with Crippen molar-refractivity contribution in [1.29, 1.82) is 0 Å². The Hall–Kier alpha value is -1.17. The number of nitrogens with one attached hydrogen (secondary N) is 1. The molecule has 0 unspecified atom stereocenters. The fourth-order valence-electron chi connectivity index (χ4n) is 0.965. The van der Waals surface area contributed by atoms with E-state index in [1.807, 2.05) is 0 Å². The summed E-state index contributed by atoms with van der Waals surface area (Å²) in [4.78, 5) is 0. The van der Waals surface area contributed by atoms with Gasteiger partial charge in [0.1, 0.15) is 5.75 Å². The predicted octanol–water partition coefficient (Wildman–Crippen LogP) is 1.77. The molecule has 3 heteroatoms. The summed E-state index contributed by atoms with van der Waals surface area (Å²) in [5.74, 6) is 2.68. The molecule has 0 radical (unpaired) electrons. The van der Waals surface area contributed by atoms with Crippen LogP contribution in [0.2, 0.25) is 5.02 Å². The van der Waals surface area contributed by atoms with Crippen LogP contribution in [0.25, 0.3) is 0 Å². The van der Waals surface area contributed by atoms with E-state index in [4.69, 9.17) is 18.0 Å². The first-order valence-corrected chi connectivity index (χ1v) is 4.23. The van der Waals surface area contributed by atoms with E-state index in [0.717, 1.165) is 5.56 Å². The minimum absolute atomic E-state index is 0.230. The average Bonchev–Trinajstić information content (AvgIpc) is 2.11. The van der Waals surface area contributed by atoms with Crippen LogP contribution in [-0.4, -0.2) is 11.7 Å². The summed E-state index contributed by atoms with van der Waals surface area (Å²) in [6, 6.07) is 4.91. The van der Waals surface area contributed by atoms with Gasteiger partial charge in [0, 0.05) is 17.1 Å². The highest BCUT2D eigenvalue weighted by atomic mass is 35.5. The van der Waals surface area contributed by atoms with Crippen molar-refractivity contribution in [2.75, 3.05) is 6.54 Å². The van der Waals surface area contributed by atoms with E-state index >= 15 is 0 Å². The quantitative estimate of drug-likeness (QED) is 0.569. The molecule has 0 spiro atoms. The molecule has 0 saturated heterocycles. The molecule has 0 heterocycles. The zero-order valence-corrected chi connectivity index (χ0v) is 7.80. The third-order valence-electron chi connectivity index (χ3n) is 1.58. The molecule has 0 atom stereocenters. The first-order chi connectivity index (χ1) is 6.24. The van der Waals surface area contributed by atoms with Gasteiger partial charge in [0.15, 0.2) is 0 Å². The Balaban J connectivity index is 2.65. The summed E-state index contributed by atoms with van der Waals surface area (Å²) in [7, 11) is 0. The molecule has 0 aliphatic rings. The number of phenolic OH excluding ortho intramolecular Hbond substituents is 1. The van der Waals surface area contributed by atoms with Gasteiger partial charge in [-0.25, -0.2) is 0 Å². The Morgan fingerprint density at radius 3 is 3.00 bits per heavy atom. The van der Waals surface area contributed by atoms with E-state index in [-0.39, 0.29) is 5.75 Å². The fraction of sp³-hybridized carbons (Fsp3) is 0.200. The van der Waals surface area contributed by atoms with Crippen molar-refractivity contribution < 1.29 is 5.11 Å². The summed E-state index contributed by atoms with van der Waals surface area (Å²) in [5.41, 5.74) is 0.753. The van der Waals surface area contributed by atoms with Gasteiger partial charge in [0.25, 0.3) is 0 Å². The van der Waals surface area contributed by atoms with Gasteiger partial charge < -0.3 is 10.4 Å². The van der Waals surface area contributed by atoms with Crippen molar-refractivity contribution in [2.45, 2.75) is 6.54 Å². The van der Waals surface area contributed by atoms with Crippen LogP contribution < -0.4 is 5.32 Å². The third kappa shape index (κ3) is 2.98. The van der Waals surface area contributed by atoms with Crippen molar-refractivity contribution in [3.05, 3.63) is 28.8 Å². The summed E-state index contributed by atoms with van der Waals surface area (Å²) < 4.78 is 0. The van der Waals surface area contributed by atoms with Crippen molar-refractivity contribution in [3.63, 3.8) is 0 Å². The molecule has 2 N–H and O–H groups in total. The molecule has 0 amide bonds. The van der Waals surface area contributed by atoms with Crippen LogP contribution in [0.4, 0.5) is 0 Å². The van der Waals surface area contributed by atoms with E-state index < -0.39 is 0 Å². The second-order valence-corrected chi connectivity index (χ2v) is 3.02. The number of halogens is 1. The molecule has 1 rings (SSSR count). The molecular weight excluding hydrogens is 186 g/mol. The molecule has 0 aliphatic carbocycles. The van der Waals surface area contributed by atoms with Crippen molar-refractivity contribution >= 4 is 11.6 Å². The first-order valence-electron chi connectivity index (χ1n) is 3.85. The number of benzene rings is 1. The number of rotatable bonds is 3. The molecular formula is C10H10ClNO. The Bertz CT molecular complexity index is 330. The number of hydrogen-bond donors (Lipinski definition) is 2. The lowest BCUT2D eigenvalue weighted by Gasteiger charge is -2.04. The molecule has 0 aliphatic heterocycles. The largest absolute Gasteiger partial charge is 0.508 e. The number of aromatic hydroxyl groups is 1. The van der Waals surface area contributed by atoms with E-state index in [0.29, 0.717) is 18.1 Å². The molecule has 0 saturated carbocycles. The topological polar surface area (TPSA) is 32.3 Å². The third-order valence-corrected chi connectivity index (χ3v) is 1.82. The summed E-state index contributed by atoms with van der Waals surface area (Å²) in [6.45, 7) is 1.00. The van der Waals surface area contributed by atoms with Gasteiger partial charge in [-0.05, 0) is 18.2 Å². The number of phenols is 1. The zero-order valence-electron chi connectivity index (χ0n) is 7.05. The molecule has 13 heavy (non-hydrogen) atoms. The van der Waals surface area contributed by atoms with Crippen molar-refractivity contribution in [2.24, 2.45) is 0 Å². The first kappa shape index (κ1) is 9.91. The van der Waals surface area contributed by atoms with E-state index in [1.165, 1.54) is 0 Å². The standard InChI is InChI=1S/C10H10ClNO/c1-2-5-12-7-8-6-9(11)3-4-10(8)13/h1,3-4,6,12-13H,5,7H2. The number of hydrogen-bond acceptors (Lipinski definition) is 2. The summed E-state index contributed by atoms with van der Waals surface area (Å²) in [5, 5.41) is 13.0.